The van der Waals surface area contributed by atoms with Crippen LogP contribution in [0.5, 0.6) is 5.75 Å². The van der Waals surface area contributed by atoms with E-state index in [1.54, 1.807) is 42.5 Å². The topological polar surface area (TPSA) is 128 Å². The van der Waals surface area contributed by atoms with Crippen molar-refractivity contribution in [2.24, 2.45) is 0 Å². The molecule has 10 nitrogen and oxygen atoms in total. The van der Waals surface area contributed by atoms with Gasteiger partial charge in [0.05, 0.1) is 19.6 Å². The quantitative estimate of drug-likeness (QED) is 0.393. The molecule has 1 aliphatic rings. The van der Waals surface area contributed by atoms with E-state index in [9.17, 15) is 28.7 Å². The van der Waals surface area contributed by atoms with E-state index in [-0.39, 0.29) is 18.7 Å². The van der Waals surface area contributed by atoms with Crippen LogP contribution in [0, 0.1) is 12.7 Å². The minimum Gasteiger partial charge on any atom is -0.497 e. The Kier molecular flexibility index (Phi) is 8.63. The molecule has 1 saturated heterocycles. The van der Waals surface area contributed by atoms with E-state index in [2.05, 4.69) is 10.6 Å². The molecule has 1 fully saturated rings. The van der Waals surface area contributed by atoms with Gasteiger partial charge < -0.3 is 25.4 Å². The first-order valence-electron chi connectivity index (χ1n) is 12.5. The average molecular weight is 549 g/mol. The highest BCUT2D eigenvalue weighted by Gasteiger charge is 2.43. The van der Waals surface area contributed by atoms with Crippen LogP contribution in [0.2, 0.25) is 0 Å². The molecular weight excluding hydrogens is 519 g/mol. The third-order valence-electron chi connectivity index (χ3n) is 6.50. The molecule has 0 aromatic heterocycles. The van der Waals surface area contributed by atoms with Crippen molar-refractivity contribution in [2.75, 3.05) is 25.5 Å². The molecule has 1 aliphatic heterocycles. The lowest BCUT2D eigenvalue weighted by molar-refractivity contribution is -0.138. The first-order chi connectivity index (χ1) is 19.2. The fourth-order valence-corrected chi connectivity index (χ4v) is 4.52. The molecule has 40 heavy (non-hydrogen) atoms. The van der Waals surface area contributed by atoms with E-state index >= 15 is 0 Å². The largest absolute Gasteiger partial charge is 0.497 e. The van der Waals surface area contributed by atoms with Crippen molar-refractivity contribution in [1.29, 1.82) is 0 Å². The lowest BCUT2D eigenvalue weighted by Gasteiger charge is -2.31. The van der Waals surface area contributed by atoms with Gasteiger partial charge in [-0.25, -0.2) is 9.18 Å². The van der Waals surface area contributed by atoms with Crippen molar-refractivity contribution >= 4 is 29.5 Å². The van der Waals surface area contributed by atoms with Gasteiger partial charge in [0.2, 0.25) is 0 Å². The fraction of sp³-hybridized carbons (Fsp3) is 0.241. The van der Waals surface area contributed by atoms with Gasteiger partial charge in [0.15, 0.2) is 6.17 Å². The number of aryl methyl sites for hydroxylation is 1. The number of nitrogens with one attached hydrogen (secondary N) is 2. The summed E-state index contributed by atoms with van der Waals surface area (Å²) >= 11 is 0. The van der Waals surface area contributed by atoms with E-state index in [1.165, 1.54) is 29.0 Å². The van der Waals surface area contributed by atoms with Gasteiger partial charge in [-0.1, -0.05) is 24.3 Å². The maximum absolute atomic E-state index is 13.7. The van der Waals surface area contributed by atoms with Crippen LogP contribution in [0.1, 0.15) is 33.9 Å². The predicted octanol–water partition coefficient (Wildman–Crippen LogP) is 3.79. The lowest BCUT2D eigenvalue weighted by atomic mass is 10.0. The zero-order valence-electron chi connectivity index (χ0n) is 22.0. The summed E-state index contributed by atoms with van der Waals surface area (Å²) in [6.45, 7) is 1.98. The molecule has 0 aliphatic carbocycles. The van der Waals surface area contributed by atoms with Crippen LogP contribution in [0.3, 0.4) is 0 Å². The number of ether oxygens (including phenoxy) is 1. The number of hydrogen-bond acceptors (Lipinski definition) is 5. The second kappa shape index (κ2) is 12.3. The number of carbonyl (C=O) groups is 4. The van der Waals surface area contributed by atoms with Gasteiger partial charge in [-0.15, -0.1) is 0 Å². The number of anilines is 1. The predicted molar refractivity (Wildman–Crippen MR) is 144 cm³/mol. The number of benzene rings is 3. The van der Waals surface area contributed by atoms with Gasteiger partial charge in [-0.2, -0.15) is 0 Å². The van der Waals surface area contributed by atoms with Gasteiger partial charge in [-0.3, -0.25) is 19.3 Å². The van der Waals surface area contributed by atoms with Gasteiger partial charge in [0.25, 0.3) is 11.8 Å². The smallest absolute Gasteiger partial charge is 0.323 e. The zero-order chi connectivity index (χ0) is 28.8. The summed E-state index contributed by atoms with van der Waals surface area (Å²) in [5, 5.41) is 14.9. The maximum Gasteiger partial charge on any atom is 0.323 e. The second-order valence-electron chi connectivity index (χ2n) is 9.30. The number of aliphatic carboxylic acids is 1. The Morgan fingerprint density at radius 2 is 1.68 bits per heavy atom. The summed E-state index contributed by atoms with van der Waals surface area (Å²) in [6, 6.07) is 16.9. The van der Waals surface area contributed by atoms with Crippen LogP contribution in [-0.2, 0) is 9.59 Å². The first kappa shape index (κ1) is 28.1. The summed E-state index contributed by atoms with van der Waals surface area (Å²) in [4.78, 5) is 54.7. The standard InChI is InChI=1S/C29H29FN4O6/c1-18-4-3-5-22(16-18)31-29(39)34-15-14-33(28(38)20-8-12-23(40-2)13-9-20)27(34)26(37)32-24(17-25(35)36)19-6-10-21(30)11-7-19/h3-13,16,24,27H,14-15,17H2,1-2H3,(H,31,39)(H,32,37)(H,35,36). The molecule has 11 heteroatoms. The van der Waals surface area contributed by atoms with Crippen LogP contribution in [0.15, 0.2) is 72.8 Å². The van der Waals surface area contributed by atoms with E-state index in [0.717, 1.165) is 17.7 Å². The summed E-state index contributed by atoms with van der Waals surface area (Å²) < 4.78 is 18.7. The van der Waals surface area contributed by atoms with Crippen molar-refractivity contribution in [3.05, 3.63) is 95.3 Å². The second-order valence-corrected chi connectivity index (χ2v) is 9.30. The van der Waals surface area contributed by atoms with Crippen LogP contribution in [0.4, 0.5) is 14.9 Å². The fourth-order valence-electron chi connectivity index (χ4n) is 4.52. The van der Waals surface area contributed by atoms with Crippen molar-refractivity contribution in [1.82, 2.24) is 15.1 Å². The third-order valence-corrected chi connectivity index (χ3v) is 6.50. The molecule has 3 N–H and O–H groups in total. The van der Waals surface area contributed by atoms with Crippen molar-refractivity contribution in [2.45, 2.75) is 25.6 Å². The van der Waals surface area contributed by atoms with E-state index in [1.807, 2.05) is 13.0 Å². The summed E-state index contributed by atoms with van der Waals surface area (Å²) in [5.41, 5.74) is 2.07. The Balaban J connectivity index is 1.64. The third kappa shape index (κ3) is 6.55. The number of halogens is 1. The molecular formula is C29H29FN4O6. The van der Waals surface area contributed by atoms with Gasteiger partial charge in [0, 0.05) is 24.3 Å². The summed E-state index contributed by atoms with van der Waals surface area (Å²) in [7, 11) is 1.50. The van der Waals surface area contributed by atoms with E-state index in [0.29, 0.717) is 17.0 Å². The molecule has 2 atom stereocenters. The van der Waals surface area contributed by atoms with Crippen molar-refractivity contribution in [3.63, 3.8) is 0 Å². The molecule has 0 spiro atoms. The number of nitrogens with zero attached hydrogens (tertiary/aromatic N) is 2. The molecule has 4 rings (SSSR count). The Labute approximate surface area is 230 Å². The van der Waals surface area contributed by atoms with Crippen molar-refractivity contribution in [3.8, 4) is 5.75 Å². The van der Waals surface area contributed by atoms with Gasteiger partial charge >= 0.3 is 12.0 Å². The number of urea groups is 1. The minimum atomic E-state index is -1.38. The zero-order valence-corrected chi connectivity index (χ0v) is 22.0. The van der Waals surface area contributed by atoms with Crippen molar-refractivity contribution < 1.29 is 33.4 Å². The first-order valence-corrected chi connectivity index (χ1v) is 12.5. The number of hydrogen-bond donors (Lipinski definition) is 3. The van der Waals surface area contributed by atoms with E-state index < -0.39 is 48.3 Å². The Morgan fingerprint density at radius 3 is 2.30 bits per heavy atom. The molecule has 4 amide bonds. The van der Waals surface area contributed by atoms with Gasteiger partial charge in [0.1, 0.15) is 11.6 Å². The lowest BCUT2D eigenvalue weighted by Crippen LogP contribution is -2.55. The number of carbonyl (C=O) groups excluding carboxylic acids is 3. The number of carboxylic acids is 1. The molecule has 3 aromatic rings. The highest BCUT2D eigenvalue weighted by Crippen LogP contribution is 2.24. The Morgan fingerprint density at radius 1 is 1.00 bits per heavy atom. The molecule has 0 saturated carbocycles. The highest BCUT2D eigenvalue weighted by atomic mass is 19.1. The molecule has 2 unspecified atom stereocenters. The van der Waals surface area contributed by atoms with Crippen LogP contribution >= 0.6 is 0 Å². The molecule has 3 aromatic carbocycles. The Bertz CT molecular complexity index is 1400. The number of methoxy groups -OCH3 is 1. The molecule has 208 valence electrons. The SMILES string of the molecule is COc1ccc(C(=O)N2CCN(C(=O)Nc3cccc(C)c3)C2C(=O)NC(CC(=O)O)c2ccc(F)cc2)cc1. The van der Waals surface area contributed by atoms with Gasteiger partial charge in [-0.05, 0) is 66.6 Å². The normalized spacial score (nSPS) is 15.3. The van der Waals surface area contributed by atoms with Crippen LogP contribution in [-0.4, -0.2) is 65.1 Å². The maximum atomic E-state index is 13.7. The van der Waals surface area contributed by atoms with Crippen LogP contribution < -0.4 is 15.4 Å². The van der Waals surface area contributed by atoms with Crippen LogP contribution in [0.25, 0.3) is 0 Å². The molecule has 1 heterocycles. The molecule has 0 bridgehead atoms. The molecule has 0 radical (unpaired) electrons. The summed E-state index contributed by atoms with van der Waals surface area (Å²) in [5.74, 6) is -2.42. The minimum absolute atomic E-state index is 0.0533. The highest BCUT2D eigenvalue weighted by molar-refractivity contribution is 6.00. The number of amides is 4. The Hall–Kier alpha value is -4.93. The average Bonchev–Trinajstić information content (AvgIpc) is 3.38. The number of carboxylic acid groups (broad SMARTS) is 1. The monoisotopic (exact) mass is 548 g/mol. The van der Waals surface area contributed by atoms with E-state index in [4.69, 9.17) is 4.74 Å². The summed E-state index contributed by atoms with van der Waals surface area (Å²) in [6.07, 6.45) is -1.87. The number of rotatable bonds is 8.